The van der Waals surface area contributed by atoms with Gasteiger partial charge in [-0.15, -0.1) is 0 Å². The summed E-state index contributed by atoms with van der Waals surface area (Å²) in [5.41, 5.74) is 2.12. The molecule has 4 aliphatic rings. The van der Waals surface area contributed by atoms with Gasteiger partial charge in [-0.2, -0.15) is 0 Å². The molecule has 6 atom stereocenters. The highest BCUT2D eigenvalue weighted by Gasteiger charge is 2.70. The first kappa shape index (κ1) is 21.6. The van der Waals surface area contributed by atoms with E-state index in [0.717, 1.165) is 17.7 Å². The summed E-state index contributed by atoms with van der Waals surface area (Å²) in [5, 5.41) is 4.39. The summed E-state index contributed by atoms with van der Waals surface area (Å²) < 4.78 is 15.9. The van der Waals surface area contributed by atoms with Gasteiger partial charge >= 0.3 is 5.97 Å². The molecular formula is C26H24N2O7. The van der Waals surface area contributed by atoms with Gasteiger partial charge in [0.25, 0.3) is 0 Å². The van der Waals surface area contributed by atoms with Crippen LogP contribution in [-0.4, -0.2) is 43.8 Å². The molecule has 2 amide bonds. The molecule has 0 spiro atoms. The largest absolute Gasteiger partial charge is 0.493 e. The van der Waals surface area contributed by atoms with Crippen LogP contribution in [0.3, 0.4) is 0 Å². The van der Waals surface area contributed by atoms with E-state index in [1.54, 1.807) is 38.5 Å². The van der Waals surface area contributed by atoms with Crippen molar-refractivity contribution in [1.82, 2.24) is 0 Å². The molecule has 2 aromatic carbocycles. The van der Waals surface area contributed by atoms with Crippen LogP contribution < -0.4 is 19.1 Å². The van der Waals surface area contributed by atoms with E-state index in [2.05, 4.69) is 5.16 Å². The van der Waals surface area contributed by atoms with Crippen molar-refractivity contribution >= 4 is 29.2 Å². The van der Waals surface area contributed by atoms with Crippen molar-refractivity contribution in [3.8, 4) is 17.2 Å². The van der Waals surface area contributed by atoms with Crippen LogP contribution in [0.25, 0.3) is 0 Å². The molecule has 2 aliphatic heterocycles. The Morgan fingerprint density at radius 1 is 0.943 bits per heavy atom. The summed E-state index contributed by atoms with van der Waals surface area (Å²) in [4.78, 5) is 45.4. The number of rotatable bonds is 5. The van der Waals surface area contributed by atoms with Crippen LogP contribution in [0.2, 0.25) is 0 Å². The third-order valence-corrected chi connectivity index (χ3v) is 7.73. The lowest BCUT2D eigenvalue weighted by Crippen LogP contribution is -2.41. The molecular weight excluding hydrogens is 452 g/mol. The average Bonchev–Trinajstić information content (AvgIpc) is 3.59. The van der Waals surface area contributed by atoms with E-state index in [1.807, 2.05) is 18.2 Å². The maximum Gasteiger partial charge on any atom is 0.308 e. The van der Waals surface area contributed by atoms with Gasteiger partial charge in [0.15, 0.2) is 11.5 Å². The SMILES string of the molecule is COc1ccc(C2=NO[C@H]3[C@H]4C[C@@H]([C@@H]23)[C@H]2C(=O)N(c3ccc(OC(C)=O)cc3)C(=O)[C@@H]42)cc1OC. The van der Waals surface area contributed by atoms with Crippen molar-refractivity contribution in [2.75, 3.05) is 19.1 Å². The zero-order chi connectivity index (χ0) is 24.4. The fourth-order valence-electron chi connectivity index (χ4n) is 6.44. The molecule has 1 saturated heterocycles. The number of methoxy groups -OCH3 is 2. The van der Waals surface area contributed by atoms with Crippen molar-refractivity contribution in [1.29, 1.82) is 0 Å². The first-order chi connectivity index (χ1) is 16.9. The Morgan fingerprint density at radius 2 is 1.63 bits per heavy atom. The predicted molar refractivity (Wildman–Crippen MR) is 123 cm³/mol. The number of carbonyl (C=O) groups excluding carboxylic acids is 3. The Morgan fingerprint density at radius 3 is 2.29 bits per heavy atom. The van der Waals surface area contributed by atoms with Crippen molar-refractivity contribution in [2.24, 2.45) is 34.7 Å². The second-order valence-corrected chi connectivity index (χ2v) is 9.36. The molecule has 6 rings (SSSR count). The topological polar surface area (TPSA) is 104 Å². The minimum absolute atomic E-state index is 0.0360. The quantitative estimate of drug-likeness (QED) is 0.371. The molecule has 180 valence electrons. The number of benzene rings is 2. The minimum Gasteiger partial charge on any atom is -0.493 e. The molecule has 9 nitrogen and oxygen atoms in total. The third kappa shape index (κ3) is 3.07. The van der Waals surface area contributed by atoms with Crippen LogP contribution in [0.15, 0.2) is 47.6 Å². The molecule has 9 heteroatoms. The number of oxime groups is 1. The molecule has 2 aliphatic carbocycles. The van der Waals surface area contributed by atoms with Crippen LogP contribution in [0.4, 0.5) is 5.69 Å². The Balaban J connectivity index is 1.28. The third-order valence-electron chi connectivity index (χ3n) is 7.73. The summed E-state index contributed by atoms with van der Waals surface area (Å²) in [5.74, 6) is -0.253. The maximum atomic E-state index is 13.6. The highest BCUT2D eigenvalue weighted by atomic mass is 16.6. The number of anilines is 1. The summed E-state index contributed by atoms with van der Waals surface area (Å²) in [6.45, 7) is 1.32. The minimum atomic E-state index is -0.435. The normalized spacial score (nSPS) is 30.0. The summed E-state index contributed by atoms with van der Waals surface area (Å²) >= 11 is 0. The summed E-state index contributed by atoms with van der Waals surface area (Å²) in [7, 11) is 3.16. The van der Waals surface area contributed by atoms with Crippen molar-refractivity contribution in [3.05, 3.63) is 48.0 Å². The van der Waals surface area contributed by atoms with Gasteiger partial charge in [-0.05, 0) is 54.8 Å². The van der Waals surface area contributed by atoms with Gasteiger partial charge in [-0.25, -0.2) is 0 Å². The number of nitrogens with zero attached hydrogens (tertiary/aromatic N) is 2. The Hall–Kier alpha value is -3.88. The van der Waals surface area contributed by atoms with Crippen LogP contribution in [0.1, 0.15) is 18.9 Å². The van der Waals surface area contributed by atoms with Gasteiger partial charge in [0.1, 0.15) is 11.9 Å². The lowest BCUT2D eigenvalue weighted by molar-refractivity contribution is -0.132. The van der Waals surface area contributed by atoms with Crippen LogP contribution >= 0.6 is 0 Å². The number of ether oxygens (including phenoxy) is 3. The number of hydrogen-bond acceptors (Lipinski definition) is 8. The lowest BCUT2D eigenvalue weighted by Gasteiger charge is -2.29. The van der Waals surface area contributed by atoms with Gasteiger partial charge < -0.3 is 19.0 Å². The highest BCUT2D eigenvalue weighted by Crippen LogP contribution is 2.62. The van der Waals surface area contributed by atoms with E-state index in [0.29, 0.717) is 22.9 Å². The van der Waals surface area contributed by atoms with Gasteiger partial charge in [-0.3, -0.25) is 19.3 Å². The molecule has 0 aromatic heterocycles. The number of hydrogen-bond donors (Lipinski definition) is 0. The number of imide groups is 1. The molecule has 3 fully saturated rings. The number of fused-ring (bicyclic) bond motifs is 8. The molecule has 2 bridgehead atoms. The van der Waals surface area contributed by atoms with Crippen molar-refractivity contribution in [3.63, 3.8) is 0 Å². The molecule has 35 heavy (non-hydrogen) atoms. The summed E-state index contributed by atoms with van der Waals surface area (Å²) in [6, 6.07) is 12.0. The highest BCUT2D eigenvalue weighted by molar-refractivity contribution is 6.23. The van der Waals surface area contributed by atoms with Crippen molar-refractivity contribution in [2.45, 2.75) is 19.4 Å². The summed E-state index contributed by atoms with van der Waals surface area (Å²) in [6.07, 6.45) is 0.528. The van der Waals surface area contributed by atoms with Gasteiger partial charge in [0, 0.05) is 24.3 Å². The van der Waals surface area contributed by atoms with Gasteiger partial charge in [0.2, 0.25) is 11.8 Å². The first-order valence-electron chi connectivity index (χ1n) is 11.5. The zero-order valence-corrected chi connectivity index (χ0v) is 19.5. The predicted octanol–water partition coefficient (Wildman–Crippen LogP) is 2.80. The monoisotopic (exact) mass is 476 g/mol. The lowest BCUT2D eigenvalue weighted by atomic mass is 9.71. The number of carbonyl (C=O) groups is 3. The van der Waals surface area contributed by atoms with Crippen molar-refractivity contribution < 1.29 is 33.4 Å². The number of amides is 2. The molecule has 2 saturated carbocycles. The van der Waals surface area contributed by atoms with E-state index < -0.39 is 17.8 Å². The second-order valence-electron chi connectivity index (χ2n) is 9.36. The smallest absolute Gasteiger partial charge is 0.308 e. The van der Waals surface area contributed by atoms with Gasteiger partial charge in [0.05, 0.1) is 37.5 Å². The molecule has 0 unspecified atom stereocenters. The molecule has 2 heterocycles. The van der Waals surface area contributed by atoms with E-state index in [4.69, 9.17) is 19.0 Å². The second kappa shape index (κ2) is 7.83. The molecule has 0 N–H and O–H groups in total. The Labute approximate surface area is 201 Å². The maximum absolute atomic E-state index is 13.6. The van der Waals surface area contributed by atoms with E-state index in [1.165, 1.54) is 11.8 Å². The number of esters is 1. The fraction of sp³-hybridized carbons (Fsp3) is 0.385. The Kier molecular flexibility index (Phi) is 4.84. The van der Waals surface area contributed by atoms with Crippen LogP contribution in [-0.2, 0) is 19.2 Å². The van der Waals surface area contributed by atoms with Crippen LogP contribution in [0, 0.1) is 29.6 Å². The van der Waals surface area contributed by atoms with E-state index >= 15 is 0 Å². The van der Waals surface area contributed by atoms with E-state index in [-0.39, 0.29) is 35.7 Å². The zero-order valence-electron chi connectivity index (χ0n) is 19.5. The molecule has 0 radical (unpaired) electrons. The fourth-order valence-corrected chi connectivity index (χ4v) is 6.44. The molecule has 2 aromatic rings. The van der Waals surface area contributed by atoms with E-state index in [9.17, 15) is 14.4 Å². The van der Waals surface area contributed by atoms with Crippen LogP contribution in [0.5, 0.6) is 17.2 Å². The first-order valence-corrected chi connectivity index (χ1v) is 11.5. The Bertz CT molecular complexity index is 1270. The standard InChI is InChI=1S/C26H24N2O7/c1-12(29)34-15-7-5-14(6-8-15)28-25(30)20-16-11-17(21(20)26(28)31)24-22(16)23(27-35-24)13-4-9-18(32-2)19(10-13)33-3/h4-10,16-17,20-22,24H,11H2,1-3H3/t16-,17+,20-,21+,22+,24+/m1/s1. The van der Waals surface area contributed by atoms with Gasteiger partial charge in [-0.1, -0.05) is 5.16 Å². The average molecular weight is 476 g/mol.